The van der Waals surface area contributed by atoms with E-state index in [9.17, 15) is 13.2 Å². The summed E-state index contributed by atoms with van der Waals surface area (Å²) in [5.41, 5.74) is 2.06. The summed E-state index contributed by atoms with van der Waals surface area (Å²) in [6, 6.07) is 10.9. The first-order chi connectivity index (χ1) is 12.6. The highest BCUT2D eigenvalue weighted by Crippen LogP contribution is 2.37. The van der Waals surface area contributed by atoms with Crippen LogP contribution >= 0.6 is 23.2 Å². The molecule has 3 rings (SSSR count). The van der Waals surface area contributed by atoms with Gasteiger partial charge in [0.2, 0.25) is 5.91 Å². The molecule has 0 fully saturated rings. The van der Waals surface area contributed by atoms with Crippen LogP contribution in [-0.4, -0.2) is 25.0 Å². The van der Waals surface area contributed by atoms with Gasteiger partial charge in [-0.1, -0.05) is 23.2 Å². The van der Waals surface area contributed by atoms with Gasteiger partial charge in [0.05, 0.1) is 11.8 Å². The van der Waals surface area contributed by atoms with Gasteiger partial charge in [-0.15, -0.1) is 0 Å². The van der Waals surface area contributed by atoms with Gasteiger partial charge < -0.3 is 4.18 Å². The molecule has 1 aliphatic heterocycles. The molecule has 0 aliphatic carbocycles. The van der Waals surface area contributed by atoms with Gasteiger partial charge in [-0.2, -0.15) is 18.7 Å². The van der Waals surface area contributed by atoms with Gasteiger partial charge >= 0.3 is 10.3 Å². The molecule has 1 unspecified atom stereocenters. The van der Waals surface area contributed by atoms with Crippen LogP contribution in [0, 0.1) is 0 Å². The normalized spacial score (nSPS) is 17.0. The van der Waals surface area contributed by atoms with Crippen molar-refractivity contribution in [3.05, 3.63) is 63.6 Å². The maximum atomic E-state index is 12.1. The predicted molar refractivity (Wildman–Crippen MR) is 103 cm³/mol. The van der Waals surface area contributed by atoms with Crippen LogP contribution in [0.15, 0.2) is 47.6 Å². The maximum Gasteiger partial charge on any atom is 0.380 e. The topological polar surface area (TPSA) is 102 Å². The Labute approximate surface area is 166 Å². The Morgan fingerprint density at radius 1 is 1.22 bits per heavy atom. The molecule has 2 aromatic rings. The standard InChI is InChI=1S/C17H15Cl2N3O4S/c1-10(23)22-17(14-8-12(18)4-7-15(14)19)9-16(21-22)11-2-5-13(6-3-11)26-27(20,24)25/h2-8,17H,9H2,1H3,(H2,20,24,25). The number of rotatable bonds is 4. The van der Waals surface area contributed by atoms with E-state index in [2.05, 4.69) is 9.28 Å². The lowest BCUT2D eigenvalue weighted by molar-refractivity contribution is -0.130. The van der Waals surface area contributed by atoms with E-state index in [1.807, 2.05) is 0 Å². The molecule has 0 spiro atoms. The Bertz CT molecular complexity index is 1020. The van der Waals surface area contributed by atoms with E-state index in [1.165, 1.54) is 24.1 Å². The van der Waals surface area contributed by atoms with E-state index in [0.29, 0.717) is 33.3 Å². The monoisotopic (exact) mass is 427 g/mol. The van der Waals surface area contributed by atoms with Crippen molar-refractivity contribution in [3.8, 4) is 5.75 Å². The highest BCUT2D eigenvalue weighted by Gasteiger charge is 2.32. The number of amides is 1. The first-order valence-electron chi connectivity index (χ1n) is 7.79. The van der Waals surface area contributed by atoms with E-state index < -0.39 is 10.3 Å². The lowest BCUT2D eigenvalue weighted by Gasteiger charge is -2.21. The third kappa shape index (κ3) is 4.59. The zero-order valence-electron chi connectivity index (χ0n) is 14.1. The molecule has 1 atom stereocenters. The highest BCUT2D eigenvalue weighted by molar-refractivity contribution is 7.84. The van der Waals surface area contributed by atoms with E-state index in [4.69, 9.17) is 28.3 Å². The number of halogens is 2. The van der Waals surface area contributed by atoms with Crippen molar-refractivity contribution < 1.29 is 17.4 Å². The summed E-state index contributed by atoms with van der Waals surface area (Å²) in [6.45, 7) is 1.42. The molecular weight excluding hydrogens is 413 g/mol. The first-order valence-corrected chi connectivity index (χ1v) is 10.0. The molecule has 2 aromatic carbocycles. The number of carbonyl (C=O) groups excluding carboxylic acids is 1. The number of nitrogens with two attached hydrogens (primary N) is 1. The van der Waals surface area contributed by atoms with E-state index >= 15 is 0 Å². The molecule has 2 N–H and O–H groups in total. The largest absolute Gasteiger partial charge is 0.380 e. The molecule has 1 heterocycles. The van der Waals surface area contributed by atoms with Gasteiger partial charge in [0.25, 0.3) is 0 Å². The van der Waals surface area contributed by atoms with Gasteiger partial charge in [-0.25, -0.2) is 5.01 Å². The second-order valence-electron chi connectivity index (χ2n) is 5.90. The summed E-state index contributed by atoms with van der Waals surface area (Å²) in [6.07, 6.45) is 0.426. The van der Waals surface area contributed by atoms with Crippen LogP contribution in [0.5, 0.6) is 5.75 Å². The summed E-state index contributed by atoms with van der Waals surface area (Å²) in [7, 11) is -4.09. The fourth-order valence-corrected chi connectivity index (χ4v) is 3.63. The van der Waals surface area contributed by atoms with Crippen LogP contribution in [-0.2, 0) is 15.1 Å². The first kappa shape index (κ1) is 19.6. The lowest BCUT2D eigenvalue weighted by atomic mass is 9.98. The number of benzene rings is 2. The molecule has 0 radical (unpaired) electrons. The van der Waals surface area contributed by atoms with E-state index in [0.717, 1.165) is 0 Å². The summed E-state index contributed by atoms with van der Waals surface area (Å²) in [5.74, 6) is -0.155. The zero-order valence-corrected chi connectivity index (χ0v) is 16.4. The summed E-state index contributed by atoms with van der Waals surface area (Å²) in [5, 5.41) is 11.6. The fourth-order valence-electron chi connectivity index (χ4n) is 2.82. The fraction of sp³-hybridized carbons (Fsp3) is 0.176. The Hall–Kier alpha value is -2.13. The minimum absolute atomic E-state index is 0.0812. The smallest absolute Gasteiger partial charge is 0.371 e. The zero-order chi connectivity index (χ0) is 19.8. The third-order valence-corrected chi connectivity index (χ3v) is 4.95. The van der Waals surface area contributed by atoms with Crippen molar-refractivity contribution in [2.24, 2.45) is 10.2 Å². The Morgan fingerprint density at radius 2 is 1.89 bits per heavy atom. The van der Waals surface area contributed by atoms with Gasteiger partial charge in [-0.05, 0) is 53.6 Å². The minimum Gasteiger partial charge on any atom is -0.371 e. The molecule has 142 valence electrons. The molecule has 10 heteroatoms. The molecular formula is C17H15Cl2N3O4S. The van der Waals surface area contributed by atoms with E-state index in [1.54, 1.807) is 30.3 Å². The molecule has 1 aliphatic rings. The van der Waals surface area contributed by atoms with Crippen molar-refractivity contribution in [3.63, 3.8) is 0 Å². The van der Waals surface area contributed by atoms with Gasteiger partial charge in [0.1, 0.15) is 5.75 Å². The minimum atomic E-state index is -4.09. The number of hydrogen-bond donors (Lipinski definition) is 1. The average molecular weight is 428 g/mol. The third-order valence-electron chi connectivity index (χ3n) is 3.95. The highest BCUT2D eigenvalue weighted by atomic mass is 35.5. The summed E-state index contributed by atoms with van der Waals surface area (Å²) < 4.78 is 26.6. The van der Waals surface area contributed by atoms with Crippen molar-refractivity contribution in [1.29, 1.82) is 0 Å². The van der Waals surface area contributed by atoms with Crippen molar-refractivity contribution >= 4 is 45.1 Å². The quantitative estimate of drug-likeness (QED) is 0.808. The summed E-state index contributed by atoms with van der Waals surface area (Å²) >= 11 is 12.4. The Balaban J connectivity index is 1.90. The summed E-state index contributed by atoms with van der Waals surface area (Å²) in [4.78, 5) is 12.1. The molecule has 0 bridgehead atoms. The second kappa shape index (κ2) is 7.47. The van der Waals surface area contributed by atoms with Crippen LogP contribution < -0.4 is 9.32 Å². The predicted octanol–water partition coefficient (Wildman–Crippen LogP) is 3.27. The molecule has 0 saturated carbocycles. The number of hydrazone groups is 1. The van der Waals surface area contributed by atoms with Gasteiger partial charge in [0.15, 0.2) is 0 Å². The van der Waals surface area contributed by atoms with Crippen molar-refractivity contribution in [2.75, 3.05) is 0 Å². The van der Waals surface area contributed by atoms with Crippen LogP contribution in [0.2, 0.25) is 10.0 Å². The molecule has 27 heavy (non-hydrogen) atoms. The van der Waals surface area contributed by atoms with Gasteiger partial charge in [-0.3, -0.25) is 4.79 Å². The SMILES string of the molecule is CC(=O)N1N=C(c2ccc(OS(N)(=O)=O)cc2)CC1c1cc(Cl)ccc1Cl. The molecule has 1 amide bonds. The Kier molecular flexibility index (Phi) is 5.43. The number of hydrogen-bond acceptors (Lipinski definition) is 5. The van der Waals surface area contributed by atoms with Crippen LogP contribution in [0.4, 0.5) is 0 Å². The maximum absolute atomic E-state index is 12.1. The van der Waals surface area contributed by atoms with Crippen molar-refractivity contribution in [2.45, 2.75) is 19.4 Å². The second-order valence-corrected chi connectivity index (χ2v) is 7.89. The van der Waals surface area contributed by atoms with Crippen LogP contribution in [0.3, 0.4) is 0 Å². The van der Waals surface area contributed by atoms with Crippen molar-refractivity contribution in [1.82, 2.24) is 5.01 Å². The Morgan fingerprint density at radius 3 is 2.48 bits per heavy atom. The molecule has 0 aromatic heterocycles. The van der Waals surface area contributed by atoms with Crippen LogP contribution in [0.1, 0.15) is 30.5 Å². The molecule has 7 nitrogen and oxygen atoms in total. The van der Waals surface area contributed by atoms with E-state index in [-0.39, 0.29) is 17.7 Å². The molecule has 0 saturated heterocycles. The van der Waals surface area contributed by atoms with Crippen LogP contribution in [0.25, 0.3) is 0 Å². The van der Waals surface area contributed by atoms with Gasteiger partial charge in [0, 0.05) is 23.4 Å². The number of nitrogens with zero attached hydrogens (tertiary/aromatic N) is 2. The lowest BCUT2D eigenvalue weighted by Crippen LogP contribution is -2.24. The number of carbonyl (C=O) groups is 1. The average Bonchev–Trinajstić information content (AvgIpc) is 3.01.